The molecular weight excluding hydrogens is 218 g/mol. The van der Waals surface area contributed by atoms with E-state index in [1.165, 1.54) is 0 Å². The van der Waals surface area contributed by atoms with E-state index in [-0.39, 0.29) is 30.3 Å². The third-order valence-corrected chi connectivity index (χ3v) is 2.98. The highest BCUT2D eigenvalue weighted by molar-refractivity contribution is 5.87. The molecule has 0 saturated heterocycles. The third-order valence-electron chi connectivity index (χ3n) is 2.98. The van der Waals surface area contributed by atoms with Crippen LogP contribution in [0.15, 0.2) is 12.2 Å². The predicted octanol–water partition coefficient (Wildman–Crippen LogP) is -0.126. The molecule has 0 aromatic rings. The van der Waals surface area contributed by atoms with Crippen LogP contribution in [0.4, 0.5) is 0 Å². The highest BCUT2D eigenvalue weighted by Crippen LogP contribution is 2.15. The van der Waals surface area contributed by atoms with Crippen molar-refractivity contribution in [2.24, 2.45) is 11.7 Å². The van der Waals surface area contributed by atoms with E-state index >= 15 is 0 Å². The molecule has 96 valence electrons. The molecule has 3 N–H and O–H groups in total. The number of nitrogens with zero attached hydrogens (tertiary/aromatic N) is 1. The van der Waals surface area contributed by atoms with Crippen LogP contribution in [0.25, 0.3) is 0 Å². The highest BCUT2D eigenvalue weighted by Gasteiger charge is 2.23. The Balaban J connectivity index is 2.33. The largest absolute Gasteiger partial charge is 0.347 e. The molecular formula is C12H21N3O2. The summed E-state index contributed by atoms with van der Waals surface area (Å²) in [4.78, 5) is 25.1. The first-order chi connectivity index (χ1) is 8.08. The zero-order valence-corrected chi connectivity index (χ0v) is 10.5. The minimum atomic E-state index is -0.186. The van der Waals surface area contributed by atoms with E-state index in [2.05, 4.69) is 5.32 Å². The van der Waals surface area contributed by atoms with Crippen molar-refractivity contribution in [2.45, 2.75) is 26.3 Å². The van der Waals surface area contributed by atoms with Crippen LogP contribution in [0.1, 0.15) is 20.3 Å². The molecule has 17 heavy (non-hydrogen) atoms. The van der Waals surface area contributed by atoms with Gasteiger partial charge in [-0.05, 0) is 20.3 Å². The Bertz CT molecular complexity index is 311. The molecule has 1 aliphatic rings. The van der Waals surface area contributed by atoms with Gasteiger partial charge in [-0.1, -0.05) is 12.2 Å². The van der Waals surface area contributed by atoms with Gasteiger partial charge in [0.1, 0.15) is 0 Å². The maximum atomic E-state index is 11.7. The number of hydrogen-bond donors (Lipinski definition) is 2. The van der Waals surface area contributed by atoms with E-state index in [1.807, 2.05) is 26.0 Å². The molecule has 0 saturated carbocycles. The van der Waals surface area contributed by atoms with Crippen molar-refractivity contribution in [1.29, 1.82) is 0 Å². The Morgan fingerprint density at radius 3 is 2.47 bits per heavy atom. The molecule has 0 heterocycles. The summed E-state index contributed by atoms with van der Waals surface area (Å²) in [6, 6.07) is -0.0377. The first kappa shape index (κ1) is 13.7. The lowest BCUT2D eigenvalue weighted by atomic mass is 10.1. The van der Waals surface area contributed by atoms with Crippen LogP contribution in [0.3, 0.4) is 0 Å². The molecule has 5 heteroatoms. The fourth-order valence-electron chi connectivity index (χ4n) is 1.90. The maximum Gasteiger partial charge on any atom is 0.241 e. The van der Waals surface area contributed by atoms with Crippen molar-refractivity contribution in [3.63, 3.8) is 0 Å². The summed E-state index contributed by atoms with van der Waals surface area (Å²) >= 11 is 0. The topological polar surface area (TPSA) is 75.4 Å². The molecule has 0 fully saturated rings. The molecule has 0 spiro atoms. The maximum absolute atomic E-state index is 11.7. The van der Waals surface area contributed by atoms with Crippen LogP contribution >= 0.6 is 0 Å². The van der Waals surface area contributed by atoms with Crippen molar-refractivity contribution in [1.82, 2.24) is 10.2 Å². The molecule has 2 unspecified atom stereocenters. The predicted molar refractivity (Wildman–Crippen MR) is 66.2 cm³/mol. The van der Waals surface area contributed by atoms with E-state index in [9.17, 15) is 9.59 Å². The fourth-order valence-corrected chi connectivity index (χ4v) is 1.90. The highest BCUT2D eigenvalue weighted by atomic mass is 16.2. The van der Waals surface area contributed by atoms with Gasteiger partial charge in [0.25, 0.3) is 0 Å². The van der Waals surface area contributed by atoms with Crippen LogP contribution in [-0.4, -0.2) is 42.4 Å². The van der Waals surface area contributed by atoms with Crippen LogP contribution in [-0.2, 0) is 9.59 Å². The molecule has 1 aliphatic carbocycles. The van der Waals surface area contributed by atoms with Crippen LogP contribution in [0.5, 0.6) is 0 Å². The summed E-state index contributed by atoms with van der Waals surface area (Å²) in [5.74, 6) is -0.348. The Labute approximate surface area is 102 Å². The quantitative estimate of drug-likeness (QED) is 0.656. The Morgan fingerprint density at radius 2 is 2.00 bits per heavy atom. The summed E-state index contributed by atoms with van der Waals surface area (Å²) in [5.41, 5.74) is 5.67. The first-order valence-electron chi connectivity index (χ1n) is 6.07. The van der Waals surface area contributed by atoms with Gasteiger partial charge in [0, 0.05) is 19.1 Å². The number of amides is 2. The average Bonchev–Trinajstić information content (AvgIpc) is 2.74. The van der Waals surface area contributed by atoms with Gasteiger partial charge in [-0.15, -0.1) is 0 Å². The van der Waals surface area contributed by atoms with Gasteiger partial charge in [-0.3, -0.25) is 9.59 Å². The van der Waals surface area contributed by atoms with E-state index in [0.717, 1.165) is 0 Å². The number of hydrogen-bond acceptors (Lipinski definition) is 3. The molecule has 0 aromatic carbocycles. The molecule has 0 aromatic heterocycles. The number of rotatable bonds is 5. The SMILES string of the molecule is CCN(CC)C(=O)CNC(=O)C1C=CC(N)C1. The molecule has 0 aliphatic heterocycles. The summed E-state index contributed by atoms with van der Waals surface area (Å²) in [6.45, 7) is 5.24. The number of likely N-dealkylation sites (N-methyl/N-ethyl adjacent to an activating group) is 1. The van der Waals surface area contributed by atoms with E-state index < -0.39 is 0 Å². The van der Waals surface area contributed by atoms with Gasteiger partial charge in [-0.25, -0.2) is 0 Å². The van der Waals surface area contributed by atoms with Crippen LogP contribution in [0, 0.1) is 5.92 Å². The minimum Gasteiger partial charge on any atom is -0.347 e. The lowest BCUT2D eigenvalue weighted by molar-refractivity contribution is -0.133. The smallest absolute Gasteiger partial charge is 0.241 e. The minimum absolute atomic E-state index is 0.0377. The second-order valence-electron chi connectivity index (χ2n) is 4.17. The van der Waals surface area contributed by atoms with E-state index in [0.29, 0.717) is 19.5 Å². The van der Waals surface area contributed by atoms with Gasteiger partial charge in [-0.2, -0.15) is 0 Å². The van der Waals surface area contributed by atoms with Crippen LogP contribution < -0.4 is 11.1 Å². The van der Waals surface area contributed by atoms with Crippen molar-refractivity contribution >= 4 is 11.8 Å². The van der Waals surface area contributed by atoms with Gasteiger partial charge in [0.15, 0.2) is 0 Å². The summed E-state index contributed by atoms with van der Waals surface area (Å²) < 4.78 is 0. The van der Waals surface area contributed by atoms with Gasteiger partial charge < -0.3 is 16.0 Å². The Morgan fingerprint density at radius 1 is 1.35 bits per heavy atom. The number of carbonyl (C=O) groups is 2. The second-order valence-corrected chi connectivity index (χ2v) is 4.17. The van der Waals surface area contributed by atoms with E-state index in [4.69, 9.17) is 5.73 Å². The first-order valence-corrected chi connectivity index (χ1v) is 6.07. The monoisotopic (exact) mass is 239 g/mol. The zero-order chi connectivity index (χ0) is 12.8. The molecule has 2 atom stereocenters. The molecule has 1 rings (SSSR count). The van der Waals surface area contributed by atoms with Crippen molar-refractivity contribution in [3.8, 4) is 0 Å². The van der Waals surface area contributed by atoms with Crippen molar-refractivity contribution in [3.05, 3.63) is 12.2 Å². The molecule has 2 amide bonds. The molecule has 5 nitrogen and oxygen atoms in total. The molecule has 0 bridgehead atoms. The lowest BCUT2D eigenvalue weighted by Gasteiger charge is -2.19. The van der Waals surface area contributed by atoms with Gasteiger partial charge in [0.05, 0.1) is 12.5 Å². The number of nitrogens with one attached hydrogen (secondary N) is 1. The standard InChI is InChI=1S/C12H21N3O2/c1-3-15(4-2)11(16)8-14-12(17)9-5-6-10(13)7-9/h5-6,9-10H,3-4,7-8,13H2,1-2H3,(H,14,17). The average molecular weight is 239 g/mol. The third kappa shape index (κ3) is 3.85. The lowest BCUT2D eigenvalue weighted by Crippen LogP contribution is -2.41. The van der Waals surface area contributed by atoms with E-state index in [1.54, 1.807) is 4.90 Å². The number of carbonyl (C=O) groups excluding carboxylic acids is 2. The normalized spacial score (nSPS) is 22.5. The summed E-state index contributed by atoms with van der Waals surface area (Å²) in [6.07, 6.45) is 4.27. The summed E-state index contributed by atoms with van der Waals surface area (Å²) in [5, 5.41) is 2.66. The molecule has 0 radical (unpaired) electrons. The fraction of sp³-hybridized carbons (Fsp3) is 0.667. The Kier molecular flexibility index (Phi) is 5.15. The summed E-state index contributed by atoms with van der Waals surface area (Å²) in [7, 11) is 0. The van der Waals surface area contributed by atoms with Crippen molar-refractivity contribution < 1.29 is 9.59 Å². The Hall–Kier alpha value is -1.36. The van der Waals surface area contributed by atoms with Crippen molar-refractivity contribution in [2.75, 3.05) is 19.6 Å². The van der Waals surface area contributed by atoms with Crippen LogP contribution in [0.2, 0.25) is 0 Å². The second kappa shape index (κ2) is 6.39. The zero-order valence-electron chi connectivity index (χ0n) is 10.5. The number of nitrogens with two attached hydrogens (primary N) is 1. The van der Waals surface area contributed by atoms with Gasteiger partial charge >= 0.3 is 0 Å². The van der Waals surface area contributed by atoms with Gasteiger partial charge in [0.2, 0.25) is 11.8 Å².